The number of hydrogen-bond donors (Lipinski definition) is 4. The summed E-state index contributed by atoms with van der Waals surface area (Å²) in [5, 5.41) is 40.4. The van der Waals surface area contributed by atoms with Gasteiger partial charge in [-0.1, -0.05) is 29.6 Å². The Kier molecular flexibility index (Phi) is 11.6. The van der Waals surface area contributed by atoms with Gasteiger partial charge in [-0.15, -0.1) is 0 Å². The van der Waals surface area contributed by atoms with Crippen LogP contribution < -0.4 is 5.32 Å². The van der Waals surface area contributed by atoms with Crippen LogP contribution in [-0.4, -0.2) is 74.1 Å². The first kappa shape index (κ1) is 26.1. The summed E-state index contributed by atoms with van der Waals surface area (Å²) in [5.41, 5.74) is 0.169. The van der Waals surface area contributed by atoms with Crippen LogP contribution in [0.25, 0.3) is 0 Å². The Labute approximate surface area is 183 Å². The Balaban J connectivity index is 0.000000375. The Hall–Kier alpha value is -1.98. The monoisotopic (exact) mass is 465 g/mol. The molecule has 10 nitrogen and oxygen atoms in total. The minimum absolute atomic E-state index is 0.132. The van der Waals surface area contributed by atoms with Gasteiger partial charge in [-0.25, -0.2) is 0 Å². The minimum Gasteiger partial charge on any atom is -0.480 e. The van der Waals surface area contributed by atoms with E-state index in [9.17, 15) is 24.8 Å². The van der Waals surface area contributed by atoms with E-state index < -0.39 is 40.4 Å². The molecule has 0 bridgehead atoms. The normalized spacial score (nSPS) is 16.2. The molecule has 1 aliphatic rings. The fourth-order valence-corrected chi connectivity index (χ4v) is 2.93. The van der Waals surface area contributed by atoms with Gasteiger partial charge in [-0.2, -0.15) is 0 Å². The third-order valence-electron chi connectivity index (χ3n) is 4.36. The smallest absolute Gasteiger partial charge is 0.317 e. The van der Waals surface area contributed by atoms with Gasteiger partial charge in [0.25, 0.3) is 11.6 Å². The SMILES string of the molecule is O=C(N[C@H](CO)[C@H](O)c1ccc([N+](=O)[O-])cc1)C(Cl)Cl.O=C(O)CN1CCCCC1. The average molecular weight is 466 g/mol. The van der Waals surface area contributed by atoms with Gasteiger partial charge in [0, 0.05) is 12.1 Å². The molecule has 1 aliphatic heterocycles. The van der Waals surface area contributed by atoms with E-state index in [1.54, 1.807) is 0 Å². The molecule has 0 saturated carbocycles. The molecule has 1 aromatic rings. The highest BCUT2D eigenvalue weighted by Gasteiger charge is 2.24. The maximum atomic E-state index is 11.3. The third kappa shape index (κ3) is 9.23. The second-order valence-electron chi connectivity index (χ2n) is 6.62. The largest absolute Gasteiger partial charge is 0.480 e. The summed E-state index contributed by atoms with van der Waals surface area (Å²) in [6.07, 6.45) is 2.33. The van der Waals surface area contributed by atoms with E-state index in [0.717, 1.165) is 25.9 Å². The van der Waals surface area contributed by atoms with Crippen molar-refractivity contribution in [3.63, 3.8) is 0 Å². The molecule has 4 N–H and O–H groups in total. The van der Waals surface area contributed by atoms with Crippen LogP contribution in [-0.2, 0) is 9.59 Å². The standard InChI is InChI=1S/C11H12Cl2N2O5.C7H13NO2/c12-10(13)11(18)14-8(5-16)9(17)6-1-3-7(4-2-6)15(19)20;9-7(10)6-8-4-2-1-3-5-8/h1-4,8-10,16-17H,5H2,(H,14,18);1-6H2,(H,9,10)/t8-,9-;/m1./s1. The van der Waals surface area contributed by atoms with Gasteiger partial charge in [-0.3, -0.25) is 24.6 Å². The number of aliphatic hydroxyl groups excluding tert-OH is 2. The molecular formula is C18H25Cl2N3O7. The summed E-state index contributed by atoms with van der Waals surface area (Å²) < 4.78 is 0. The number of carbonyl (C=O) groups excluding carboxylic acids is 1. The second-order valence-corrected chi connectivity index (χ2v) is 7.72. The molecule has 2 rings (SSSR count). The van der Waals surface area contributed by atoms with Crippen molar-refractivity contribution in [3.8, 4) is 0 Å². The van der Waals surface area contributed by atoms with E-state index in [0.29, 0.717) is 5.56 Å². The maximum absolute atomic E-state index is 11.3. The number of benzene rings is 1. The highest BCUT2D eigenvalue weighted by atomic mass is 35.5. The number of aliphatic hydroxyl groups is 2. The van der Waals surface area contributed by atoms with Crippen LogP contribution in [0.15, 0.2) is 24.3 Å². The summed E-state index contributed by atoms with van der Waals surface area (Å²) >= 11 is 10.7. The number of hydrogen-bond acceptors (Lipinski definition) is 7. The van der Waals surface area contributed by atoms with Crippen molar-refractivity contribution in [2.45, 2.75) is 36.2 Å². The lowest BCUT2D eigenvalue weighted by atomic mass is 10.0. The zero-order chi connectivity index (χ0) is 22.7. The lowest BCUT2D eigenvalue weighted by Crippen LogP contribution is -2.44. The number of nitro benzene ring substituents is 1. The summed E-state index contributed by atoms with van der Waals surface area (Å²) in [6.45, 7) is 1.60. The number of nitrogens with zero attached hydrogens (tertiary/aromatic N) is 2. The zero-order valence-electron chi connectivity index (χ0n) is 16.1. The second kappa shape index (κ2) is 13.3. The van der Waals surface area contributed by atoms with E-state index >= 15 is 0 Å². The molecule has 1 heterocycles. The van der Waals surface area contributed by atoms with Crippen LogP contribution in [0.3, 0.4) is 0 Å². The molecule has 0 radical (unpaired) electrons. The Morgan fingerprint density at radius 3 is 2.17 bits per heavy atom. The van der Waals surface area contributed by atoms with Gasteiger partial charge in [0.2, 0.25) is 0 Å². The van der Waals surface area contributed by atoms with Crippen molar-refractivity contribution >= 4 is 40.8 Å². The van der Waals surface area contributed by atoms with Crippen molar-refractivity contribution in [1.29, 1.82) is 0 Å². The van der Waals surface area contributed by atoms with Crippen molar-refractivity contribution in [2.75, 3.05) is 26.2 Å². The van der Waals surface area contributed by atoms with Crippen LogP contribution in [0.1, 0.15) is 30.9 Å². The predicted octanol–water partition coefficient (Wildman–Crippen LogP) is 1.47. The van der Waals surface area contributed by atoms with E-state index in [4.69, 9.17) is 33.4 Å². The lowest BCUT2D eigenvalue weighted by molar-refractivity contribution is -0.384. The lowest BCUT2D eigenvalue weighted by Gasteiger charge is -2.24. The van der Waals surface area contributed by atoms with E-state index in [1.807, 2.05) is 4.90 Å². The van der Waals surface area contributed by atoms with Crippen molar-refractivity contribution in [2.24, 2.45) is 0 Å². The maximum Gasteiger partial charge on any atom is 0.317 e. The summed E-state index contributed by atoms with van der Waals surface area (Å²) in [7, 11) is 0. The molecule has 1 aromatic carbocycles. The number of carboxylic acids is 1. The summed E-state index contributed by atoms with van der Waals surface area (Å²) in [6, 6.07) is 4.05. The van der Waals surface area contributed by atoms with Gasteiger partial charge in [0.15, 0.2) is 4.84 Å². The highest BCUT2D eigenvalue weighted by molar-refractivity contribution is 6.53. The Bertz CT molecular complexity index is 698. The molecule has 0 aliphatic carbocycles. The van der Waals surface area contributed by atoms with Gasteiger partial charge in [0.05, 0.1) is 24.1 Å². The number of likely N-dealkylation sites (tertiary alicyclic amines) is 1. The first-order valence-electron chi connectivity index (χ1n) is 9.21. The summed E-state index contributed by atoms with van der Waals surface area (Å²) in [4.78, 5) is 32.1. The quantitative estimate of drug-likeness (QED) is 0.255. The van der Waals surface area contributed by atoms with E-state index in [-0.39, 0.29) is 12.2 Å². The fourth-order valence-electron chi connectivity index (χ4n) is 2.80. The van der Waals surface area contributed by atoms with Crippen molar-refractivity contribution < 1.29 is 29.8 Å². The molecule has 0 spiro atoms. The molecule has 1 fully saturated rings. The number of nitrogens with one attached hydrogen (secondary N) is 1. The molecule has 2 atom stereocenters. The number of nitro groups is 1. The average Bonchev–Trinajstić information content (AvgIpc) is 2.72. The zero-order valence-corrected chi connectivity index (χ0v) is 17.6. The van der Waals surface area contributed by atoms with Crippen LogP contribution in [0.4, 0.5) is 5.69 Å². The van der Waals surface area contributed by atoms with Gasteiger partial charge >= 0.3 is 5.97 Å². The molecule has 30 heavy (non-hydrogen) atoms. The van der Waals surface area contributed by atoms with E-state index in [2.05, 4.69) is 5.32 Å². The molecule has 0 aromatic heterocycles. The minimum atomic E-state index is -1.33. The number of halogens is 2. The first-order chi connectivity index (χ1) is 14.1. The van der Waals surface area contributed by atoms with Crippen LogP contribution in [0.2, 0.25) is 0 Å². The number of alkyl halides is 2. The number of carbonyl (C=O) groups is 2. The van der Waals surface area contributed by atoms with Gasteiger partial charge in [-0.05, 0) is 43.6 Å². The molecule has 168 valence electrons. The number of piperidine rings is 1. The van der Waals surface area contributed by atoms with Crippen LogP contribution >= 0.6 is 23.2 Å². The molecule has 12 heteroatoms. The number of amides is 1. The molecular weight excluding hydrogens is 441 g/mol. The summed E-state index contributed by atoms with van der Waals surface area (Å²) in [5.74, 6) is -1.46. The molecule has 0 unspecified atom stereocenters. The first-order valence-corrected chi connectivity index (χ1v) is 10.1. The fraction of sp³-hybridized carbons (Fsp3) is 0.556. The highest BCUT2D eigenvalue weighted by Crippen LogP contribution is 2.20. The van der Waals surface area contributed by atoms with Crippen LogP contribution in [0, 0.1) is 10.1 Å². The number of rotatable bonds is 8. The van der Waals surface area contributed by atoms with Crippen molar-refractivity contribution in [3.05, 3.63) is 39.9 Å². The van der Waals surface area contributed by atoms with E-state index in [1.165, 1.54) is 30.7 Å². The van der Waals surface area contributed by atoms with Crippen LogP contribution in [0.5, 0.6) is 0 Å². The Morgan fingerprint density at radius 1 is 1.17 bits per heavy atom. The van der Waals surface area contributed by atoms with Gasteiger partial charge < -0.3 is 20.6 Å². The molecule has 1 amide bonds. The number of non-ortho nitro benzene ring substituents is 1. The predicted molar refractivity (Wildman–Crippen MR) is 110 cm³/mol. The molecule has 1 saturated heterocycles. The topological polar surface area (TPSA) is 153 Å². The number of aliphatic carboxylic acids is 1. The number of carboxylic acid groups (broad SMARTS) is 1. The van der Waals surface area contributed by atoms with Crippen molar-refractivity contribution in [1.82, 2.24) is 10.2 Å². The van der Waals surface area contributed by atoms with Gasteiger partial charge in [0.1, 0.15) is 6.10 Å². The third-order valence-corrected chi connectivity index (χ3v) is 4.75. The Morgan fingerprint density at radius 2 is 1.73 bits per heavy atom.